The fourth-order valence-corrected chi connectivity index (χ4v) is 3.10. The molecule has 1 aliphatic carbocycles. The summed E-state index contributed by atoms with van der Waals surface area (Å²) >= 11 is 6.10. The minimum Gasteiger partial charge on any atom is -0.398 e. The van der Waals surface area contributed by atoms with Crippen LogP contribution >= 0.6 is 11.6 Å². The lowest BCUT2D eigenvalue weighted by Gasteiger charge is -2.34. The Morgan fingerprint density at radius 2 is 2.00 bits per heavy atom. The summed E-state index contributed by atoms with van der Waals surface area (Å²) in [6, 6.07) is 5.53. The quantitative estimate of drug-likeness (QED) is 0.862. The lowest BCUT2D eigenvalue weighted by molar-refractivity contribution is 0.197. The maximum atomic E-state index is 6.10. The monoisotopic (exact) mass is 291 g/mol. The molecule has 1 aliphatic rings. The molecule has 0 spiro atoms. The molecular formula is C14H18ClN5. The van der Waals surface area contributed by atoms with Gasteiger partial charge in [-0.25, -0.2) is 4.68 Å². The first-order valence-electron chi connectivity index (χ1n) is 6.94. The number of hydrogen-bond acceptors (Lipinski definition) is 4. The smallest absolute Gasteiger partial charge is 0.182 e. The highest BCUT2D eigenvalue weighted by Crippen LogP contribution is 2.36. The molecule has 0 saturated heterocycles. The van der Waals surface area contributed by atoms with Gasteiger partial charge in [-0.05, 0) is 48.4 Å². The van der Waals surface area contributed by atoms with Crippen molar-refractivity contribution in [1.82, 2.24) is 20.2 Å². The number of hydrogen-bond donors (Lipinski definition) is 1. The summed E-state index contributed by atoms with van der Waals surface area (Å²) in [6.45, 7) is 2.23. The number of aromatic nitrogens is 4. The number of tetrazole rings is 1. The van der Waals surface area contributed by atoms with Crippen LogP contribution in [-0.4, -0.2) is 20.2 Å². The first kappa shape index (κ1) is 13.4. The normalized spacial score (nSPS) is 18.1. The third kappa shape index (κ3) is 2.26. The molecular weight excluding hydrogens is 274 g/mol. The van der Waals surface area contributed by atoms with Crippen LogP contribution < -0.4 is 5.73 Å². The summed E-state index contributed by atoms with van der Waals surface area (Å²) in [6.07, 6.45) is 5.94. The third-order valence-corrected chi connectivity index (χ3v) is 4.50. The van der Waals surface area contributed by atoms with Crippen LogP contribution in [0.3, 0.4) is 0 Å². The van der Waals surface area contributed by atoms with E-state index in [1.54, 1.807) is 6.07 Å². The highest BCUT2D eigenvalue weighted by molar-refractivity contribution is 6.33. The number of halogens is 1. The molecule has 106 valence electrons. The van der Waals surface area contributed by atoms with Crippen molar-refractivity contribution in [3.63, 3.8) is 0 Å². The summed E-state index contributed by atoms with van der Waals surface area (Å²) in [4.78, 5) is 0. The molecule has 0 radical (unpaired) electrons. The van der Waals surface area contributed by atoms with Gasteiger partial charge >= 0.3 is 0 Å². The number of nitrogens with two attached hydrogens (primary N) is 1. The highest BCUT2D eigenvalue weighted by atomic mass is 35.5. The van der Waals surface area contributed by atoms with Gasteiger partial charge in [0.15, 0.2) is 5.82 Å². The van der Waals surface area contributed by atoms with Crippen molar-refractivity contribution in [3.8, 4) is 11.4 Å². The second-order valence-corrected chi connectivity index (χ2v) is 6.12. The van der Waals surface area contributed by atoms with Gasteiger partial charge in [0, 0.05) is 5.56 Å². The van der Waals surface area contributed by atoms with E-state index in [0.29, 0.717) is 10.7 Å². The lowest BCUT2D eigenvalue weighted by Crippen LogP contribution is -2.34. The zero-order chi connectivity index (χ0) is 14.2. The Labute approximate surface area is 123 Å². The summed E-state index contributed by atoms with van der Waals surface area (Å²) < 4.78 is 1.95. The van der Waals surface area contributed by atoms with Crippen LogP contribution in [0.2, 0.25) is 5.02 Å². The Bertz CT molecular complexity index is 616. The van der Waals surface area contributed by atoms with E-state index in [0.717, 1.165) is 24.2 Å². The molecule has 0 aliphatic heterocycles. The second kappa shape index (κ2) is 5.05. The maximum Gasteiger partial charge on any atom is 0.182 e. The lowest BCUT2D eigenvalue weighted by atomic mass is 9.83. The molecule has 1 aromatic carbocycles. The number of benzene rings is 1. The van der Waals surface area contributed by atoms with Gasteiger partial charge < -0.3 is 5.73 Å². The van der Waals surface area contributed by atoms with Gasteiger partial charge in [-0.1, -0.05) is 30.9 Å². The summed E-state index contributed by atoms with van der Waals surface area (Å²) in [5.41, 5.74) is 7.22. The van der Waals surface area contributed by atoms with Gasteiger partial charge in [-0.2, -0.15) is 0 Å². The highest BCUT2D eigenvalue weighted by Gasteiger charge is 2.32. The van der Waals surface area contributed by atoms with E-state index in [-0.39, 0.29) is 5.54 Å². The minimum absolute atomic E-state index is 0.00898. The largest absolute Gasteiger partial charge is 0.398 e. The molecule has 3 rings (SSSR count). The zero-order valence-electron chi connectivity index (χ0n) is 11.5. The van der Waals surface area contributed by atoms with E-state index in [9.17, 15) is 0 Å². The zero-order valence-corrected chi connectivity index (χ0v) is 12.3. The fraction of sp³-hybridized carbons (Fsp3) is 0.500. The van der Waals surface area contributed by atoms with Crippen molar-refractivity contribution in [2.75, 3.05) is 5.73 Å². The van der Waals surface area contributed by atoms with E-state index in [2.05, 4.69) is 22.4 Å². The molecule has 2 aromatic rings. The number of anilines is 1. The second-order valence-electron chi connectivity index (χ2n) is 5.71. The number of rotatable bonds is 2. The average Bonchev–Trinajstić information content (AvgIpc) is 2.93. The van der Waals surface area contributed by atoms with Crippen LogP contribution in [0, 0.1) is 0 Å². The van der Waals surface area contributed by atoms with Crippen molar-refractivity contribution in [2.45, 2.75) is 44.6 Å². The Balaban J connectivity index is 2.03. The topological polar surface area (TPSA) is 69.6 Å². The summed E-state index contributed by atoms with van der Waals surface area (Å²) in [5.74, 6) is 0.760. The summed E-state index contributed by atoms with van der Waals surface area (Å²) in [7, 11) is 0. The van der Waals surface area contributed by atoms with Crippen LogP contribution in [0.1, 0.15) is 39.0 Å². The molecule has 5 nitrogen and oxygen atoms in total. The standard InChI is InChI=1S/C14H18ClN5/c1-14(7-3-2-4-8-14)20-13(17-18-19-20)10-5-6-12(16)11(15)9-10/h5-6,9H,2-4,7-8,16H2,1H3. The van der Waals surface area contributed by atoms with Crippen LogP contribution in [0.5, 0.6) is 0 Å². The first-order chi connectivity index (χ1) is 9.60. The maximum absolute atomic E-state index is 6.10. The Morgan fingerprint density at radius 3 is 2.70 bits per heavy atom. The van der Waals surface area contributed by atoms with Gasteiger partial charge in [-0.3, -0.25) is 0 Å². The van der Waals surface area contributed by atoms with Crippen LogP contribution in [-0.2, 0) is 5.54 Å². The number of nitrogen functional groups attached to an aromatic ring is 1. The van der Waals surface area contributed by atoms with Crippen molar-refractivity contribution in [1.29, 1.82) is 0 Å². The van der Waals surface area contributed by atoms with Crippen LogP contribution in [0.15, 0.2) is 18.2 Å². The van der Waals surface area contributed by atoms with E-state index in [1.807, 2.05) is 16.8 Å². The molecule has 20 heavy (non-hydrogen) atoms. The van der Waals surface area contributed by atoms with Gasteiger partial charge in [0.2, 0.25) is 0 Å². The van der Waals surface area contributed by atoms with E-state index in [1.165, 1.54) is 19.3 Å². The third-order valence-electron chi connectivity index (χ3n) is 4.17. The van der Waals surface area contributed by atoms with Crippen molar-refractivity contribution in [3.05, 3.63) is 23.2 Å². The van der Waals surface area contributed by atoms with E-state index < -0.39 is 0 Å². The van der Waals surface area contributed by atoms with Gasteiger partial charge in [0.1, 0.15) is 0 Å². The molecule has 1 aromatic heterocycles. The minimum atomic E-state index is -0.00898. The molecule has 2 N–H and O–H groups in total. The Kier molecular flexibility index (Phi) is 3.38. The summed E-state index contributed by atoms with van der Waals surface area (Å²) in [5, 5.41) is 12.8. The van der Waals surface area contributed by atoms with Gasteiger partial charge in [0.05, 0.1) is 16.2 Å². The Hall–Kier alpha value is -1.62. The predicted octanol–water partition coefficient (Wildman–Crippen LogP) is 3.26. The van der Waals surface area contributed by atoms with Crippen LogP contribution in [0.25, 0.3) is 11.4 Å². The Morgan fingerprint density at radius 1 is 1.25 bits per heavy atom. The van der Waals surface area contributed by atoms with Crippen molar-refractivity contribution < 1.29 is 0 Å². The van der Waals surface area contributed by atoms with Gasteiger partial charge in [0.25, 0.3) is 0 Å². The first-order valence-corrected chi connectivity index (χ1v) is 7.32. The average molecular weight is 292 g/mol. The molecule has 6 heteroatoms. The fourth-order valence-electron chi connectivity index (χ4n) is 2.92. The number of nitrogens with zero attached hydrogens (tertiary/aromatic N) is 4. The van der Waals surface area contributed by atoms with Crippen molar-refractivity contribution >= 4 is 17.3 Å². The molecule has 0 atom stereocenters. The van der Waals surface area contributed by atoms with E-state index >= 15 is 0 Å². The van der Waals surface area contributed by atoms with Crippen molar-refractivity contribution in [2.24, 2.45) is 0 Å². The molecule has 1 fully saturated rings. The predicted molar refractivity (Wildman–Crippen MR) is 79.4 cm³/mol. The van der Waals surface area contributed by atoms with Crippen LogP contribution in [0.4, 0.5) is 5.69 Å². The molecule has 1 saturated carbocycles. The van der Waals surface area contributed by atoms with E-state index in [4.69, 9.17) is 17.3 Å². The van der Waals surface area contributed by atoms with Gasteiger partial charge in [-0.15, -0.1) is 5.10 Å². The molecule has 0 unspecified atom stereocenters. The molecule has 1 heterocycles. The molecule has 0 amide bonds. The SMILES string of the molecule is CC1(n2nnnc2-c2ccc(N)c(Cl)c2)CCCCC1. The molecule has 0 bridgehead atoms.